The van der Waals surface area contributed by atoms with Crippen LogP contribution in [0.4, 0.5) is 18.9 Å². The van der Waals surface area contributed by atoms with E-state index in [1.165, 1.54) is 15.4 Å². The molecule has 0 saturated carbocycles. The lowest BCUT2D eigenvalue weighted by molar-refractivity contribution is -0.144. The Bertz CT molecular complexity index is 1130. The Morgan fingerprint density at radius 3 is 2.34 bits per heavy atom. The SMILES string of the molecule is CN1CCN(C(=O)C(=O)Nc2ccc(Cc3nnc4ccc(C(F)(F)F)cn34)cc2)CC1. The maximum atomic E-state index is 13.0. The van der Waals surface area contributed by atoms with Gasteiger partial charge in [-0.25, -0.2) is 0 Å². The number of nitrogens with zero attached hydrogens (tertiary/aromatic N) is 5. The molecule has 1 N–H and O–H groups in total. The van der Waals surface area contributed by atoms with Gasteiger partial charge in [0.1, 0.15) is 5.82 Å². The summed E-state index contributed by atoms with van der Waals surface area (Å²) in [5.74, 6) is -0.920. The van der Waals surface area contributed by atoms with Crippen molar-refractivity contribution in [3.63, 3.8) is 0 Å². The summed E-state index contributed by atoms with van der Waals surface area (Å²) in [5.41, 5.74) is 0.750. The highest BCUT2D eigenvalue weighted by molar-refractivity contribution is 6.39. The molecule has 3 heterocycles. The summed E-state index contributed by atoms with van der Waals surface area (Å²) in [6.07, 6.45) is -3.24. The van der Waals surface area contributed by atoms with Crippen LogP contribution in [0.3, 0.4) is 0 Å². The zero-order valence-corrected chi connectivity index (χ0v) is 17.3. The van der Waals surface area contributed by atoms with Gasteiger partial charge in [-0.15, -0.1) is 10.2 Å². The van der Waals surface area contributed by atoms with Crippen LogP contribution >= 0.6 is 0 Å². The van der Waals surface area contributed by atoms with E-state index in [4.69, 9.17) is 0 Å². The van der Waals surface area contributed by atoms with Crippen molar-refractivity contribution in [2.75, 3.05) is 38.5 Å². The second-order valence-electron chi connectivity index (χ2n) is 7.68. The van der Waals surface area contributed by atoms with Gasteiger partial charge >= 0.3 is 18.0 Å². The van der Waals surface area contributed by atoms with E-state index in [9.17, 15) is 22.8 Å². The van der Waals surface area contributed by atoms with Crippen LogP contribution in [-0.4, -0.2) is 69.4 Å². The lowest BCUT2D eigenvalue weighted by Crippen LogP contribution is -2.50. The molecule has 32 heavy (non-hydrogen) atoms. The first-order valence-electron chi connectivity index (χ1n) is 9.99. The number of alkyl halides is 3. The Kier molecular flexibility index (Phi) is 5.83. The fourth-order valence-electron chi connectivity index (χ4n) is 3.45. The fraction of sp³-hybridized carbons (Fsp3) is 0.333. The minimum absolute atomic E-state index is 0.247. The monoisotopic (exact) mass is 446 g/mol. The number of anilines is 1. The Hall–Kier alpha value is -3.47. The largest absolute Gasteiger partial charge is 0.417 e. The van der Waals surface area contributed by atoms with E-state index in [-0.39, 0.29) is 6.42 Å². The molecule has 168 valence electrons. The Balaban J connectivity index is 1.42. The maximum absolute atomic E-state index is 13.0. The summed E-state index contributed by atoms with van der Waals surface area (Å²) in [5, 5.41) is 10.5. The second kappa shape index (κ2) is 8.58. The van der Waals surface area contributed by atoms with Crippen LogP contribution in [0.15, 0.2) is 42.6 Å². The molecule has 1 saturated heterocycles. The predicted octanol–water partition coefficient (Wildman–Crippen LogP) is 2.05. The van der Waals surface area contributed by atoms with Crippen molar-refractivity contribution in [2.24, 2.45) is 0 Å². The highest BCUT2D eigenvalue weighted by Crippen LogP contribution is 2.29. The number of likely N-dealkylation sites (N-methyl/N-ethyl adjacent to an activating group) is 1. The summed E-state index contributed by atoms with van der Waals surface area (Å²) in [4.78, 5) is 28.2. The predicted molar refractivity (Wildman–Crippen MR) is 110 cm³/mol. The second-order valence-corrected chi connectivity index (χ2v) is 7.68. The molecule has 1 aromatic carbocycles. The van der Waals surface area contributed by atoms with Gasteiger partial charge in [0.25, 0.3) is 0 Å². The number of piperazine rings is 1. The first-order chi connectivity index (χ1) is 15.2. The first-order valence-corrected chi connectivity index (χ1v) is 9.99. The highest BCUT2D eigenvalue weighted by atomic mass is 19.4. The van der Waals surface area contributed by atoms with E-state index in [1.54, 1.807) is 24.3 Å². The van der Waals surface area contributed by atoms with Crippen molar-refractivity contribution >= 4 is 23.1 Å². The normalized spacial score (nSPS) is 15.2. The number of hydrogen-bond donors (Lipinski definition) is 1. The summed E-state index contributed by atoms with van der Waals surface area (Å²) < 4.78 is 40.3. The van der Waals surface area contributed by atoms with Gasteiger partial charge in [0.15, 0.2) is 5.65 Å². The number of carbonyl (C=O) groups excluding carboxylic acids is 2. The molecule has 1 aliphatic rings. The molecule has 0 radical (unpaired) electrons. The highest BCUT2D eigenvalue weighted by Gasteiger charge is 2.31. The van der Waals surface area contributed by atoms with Gasteiger partial charge in [0.2, 0.25) is 0 Å². The summed E-state index contributed by atoms with van der Waals surface area (Å²) >= 11 is 0. The molecule has 0 bridgehead atoms. The van der Waals surface area contributed by atoms with E-state index in [2.05, 4.69) is 20.4 Å². The number of benzene rings is 1. The lowest BCUT2D eigenvalue weighted by atomic mass is 10.1. The van der Waals surface area contributed by atoms with Gasteiger partial charge in [-0.3, -0.25) is 14.0 Å². The van der Waals surface area contributed by atoms with Crippen molar-refractivity contribution in [3.05, 3.63) is 59.5 Å². The minimum Gasteiger partial charge on any atom is -0.332 e. The number of amides is 2. The molecule has 8 nitrogen and oxygen atoms in total. The van der Waals surface area contributed by atoms with Crippen LogP contribution in [0.25, 0.3) is 5.65 Å². The Morgan fingerprint density at radius 2 is 1.69 bits per heavy atom. The first kappa shape index (κ1) is 21.8. The topological polar surface area (TPSA) is 82.8 Å². The maximum Gasteiger partial charge on any atom is 0.417 e. The quantitative estimate of drug-likeness (QED) is 0.623. The molecule has 3 aromatic rings. The van der Waals surface area contributed by atoms with Crippen LogP contribution in [0, 0.1) is 0 Å². The third-order valence-electron chi connectivity index (χ3n) is 5.36. The summed E-state index contributed by atoms with van der Waals surface area (Å²) in [6, 6.07) is 8.93. The molecular weight excluding hydrogens is 425 g/mol. The van der Waals surface area contributed by atoms with Gasteiger partial charge in [0.05, 0.1) is 5.56 Å². The third kappa shape index (κ3) is 4.72. The number of rotatable bonds is 3. The molecule has 0 atom stereocenters. The van der Waals surface area contributed by atoms with Gasteiger partial charge in [0, 0.05) is 44.5 Å². The third-order valence-corrected chi connectivity index (χ3v) is 5.36. The Morgan fingerprint density at radius 1 is 1.00 bits per heavy atom. The van der Waals surface area contributed by atoms with E-state index < -0.39 is 23.6 Å². The number of pyridine rings is 1. The van der Waals surface area contributed by atoms with Crippen molar-refractivity contribution in [3.8, 4) is 0 Å². The average molecular weight is 446 g/mol. The van der Waals surface area contributed by atoms with Crippen LogP contribution in [0.5, 0.6) is 0 Å². The van der Waals surface area contributed by atoms with Gasteiger partial charge in [-0.05, 0) is 36.9 Å². The standard InChI is InChI=1S/C21H21F3N6O2/c1-28-8-10-29(11-9-28)20(32)19(31)25-16-5-2-14(3-6-16)12-18-27-26-17-7-4-15(13-30(17)18)21(22,23)24/h2-7,13H,8-12H2,1H3,(H,25,31). The number of halogens is 3. The van der Waals surface area contributed by atoms with Crippen molar-refractivity contribution in [1.82, 2.24) is 24.4 Å². The molecule has 0 aliphatic carbocycles. The molecule has 1 aliphatic heterocycles. The average Bonchev–Trinajstić information content (AvgIpc) is 3.16. The van der Waals surface area contributed by atoms with E-state index in [1.807, 2.05) is 7.05 Å². The van der Waals surface area contributed by atoms with Crippen molar-refractivity contribution < 1.29 is 22.8 Å². The van der Waals surface area contributed by atoms with Crippen LogP contribution in [0.2, 0.25) is 0 Å². The molecule has 1 fully saturated rings. The smallest absolute Gasteiger partial charge is 0.332 e. The van der Waals surface area contributed by atoms with E-state index >= 15 is 0 Å². The van der Waals surface area contributed by atoms with E-state index in [0.717, 1.165) is 30.9 Å². The molecule has 0 unspecified atom stereocenters. The van der Waals surface area contributed by atoms with Gasteiger partial charge in [-0.1, -0.05) is 12.1 Å². The number of nitrogens with one attached hydrogen (secondary N) is 1. The minimum atomic E-state index is -4.46. The zero-order chi connectivity index (χ0) is 22.9. The number of carbonyl (C=O) groups is 2. The number of hydrogen-bond acceptors (Lipinski definition) is 5. The van der Waals surface area contributed by atoms with Crippen LogP contribution in [0.1, 0.15) is 17.0 Å². The molecule has 11 heteroatoms. The molecule has 2 aromatic heterocycles. The van der Waals surface area contributed by atoms with E-state index in [0.29, 0.717) is 30.2 Å². The van der Waals surface area contributed by atoms with Gasteiger partial charge in [-0.2, -0.15) is 13.2 Å². The lowest BCUT2D eigenvalue weighted by Gasteiger charge is -2.31. The number of aromatic nitrogens is 3. The van der Waals surface area contributed by atoms with Crippen molar-refractivity contribution in [2.45, 2.75) is 12.6 Å². The zero-order valence-electron chi connectivity index (χ0n) is 17.3. The van der Waals surface area contributed by atoms with Crippen molar-refractivity contribution in [1.29, 1.82) is 0 Å². The summed E-state index contributed by atoms with van der Waals surface area (Å²) in [7, 11) is 1.96. The molecular formula is C21H21F3N6O2. The van der Waals surface area contributed by atoms with Gasteiger partial charge < -0.3 is 15.1 Å². The summed E-state index contributed by atoms with van der Waals surface area (Å²) in [6.45, 7) is 2.44. The fourth-order valence-corrected chi connectivity index (χ4v) is 3.45. The van der Waals surface area contributed by atoms with Crippen LogP contribution < -0.4 is 5.32 Å². The molecule has 0 spiro atoms. The van der Waals surface area contributed by atoms with Crippen LogP contribution in [-0.2, 0) is 22.2 Å². The molecule has 4 rings (SSSR count). The molecule has 2 amide bonds. The number of fused-ring (bicyclic) bond motifs is 1. The Labute approximate surface area is 181 Å².